The highest BCUT2D eigenvalue weighted by Gasteiger charge is 2.33. The van der Waals surface area contributed by atoms with E-state index >= 15 is 0 Å². The molecular formula is C11H15NO4S. The zero-order chi connectivity index (χ0) is 12.5. The SMILES string of the molecule is CS(=O)(=O)OCC1(N)COc2ccccc2C1. The van der Waals surface area contributed by atoms with Crippen LogP contribution in [0.25, 0.3) is 0 Å². The fourth-order valence-corrected chi connectivity index (χ4v) is 2.21. The quantitative estimate of drug-likeness (QED) is 0.788. The van der Waals surface area contributed by atoms with Gasteiger partial charge < -0.3 is 10.5 Å². The Bertz CT molecular complexity index is 514. The molecule has 5 nitrogen and oxygen atoms in total. The first-order valence-corrected chi connectivity index (χ1v) is 7.04. The molecule has 1 aliphatic heterocycles. The van der Waals surface area contributed by atoms with Crippen LogP contribution in [0.2, 0.25) is 0 Å². The molecule has 0 bridgehead atoms. The number of nitrogens with two attached hydrogens (primary N) is 1. The summed E-state index contributed by atoms with van der Waals surface area (Å²) in [6.45, 7) is 0.180. The van der Waals surface area contributed by atoms with Gasteiger partial charge in [-0.25, -0.2) is 0 Å². The van der Waals surface area contributed by atoms with Crippen molar-refractivity contribution in [2.24, 2.45) is 5.73 Å². The van der Waals surface area contributed by atoms with Gasteiger partial charge in [0.25, 0.3) is 10.1 Å². The first kappa shape index (κ1) is 12.3. The van der Waals surface area contributed by atoms with E-state index in [-0.39, 0.29) is 13.2 Å². The lowest BCUT2D eigenvalue weighted by atomic mass is 9.91. The van der Waals surface area contributed by atoms with Crippen LogP contribution in [-0.4, -0.2) is 33.4 Å². The number of para-hydroxylation sites is 1. The van der Waals surface area contributed by atoms with Gasteiger partial charge in [-0.1, -0.05) is 18.2 Å². The van der Waals surface area contributed by atoms with Gasteiger partial charge in [0.1, 0.15) is 12.4 Å². The molecule has 2 rings (SSSR count). The third kappa shape index (κ3) is 3.18. The van der Waals surface area contributed by atoms with Crippen molar-refractivity contribution in [3.8, 4) is 5.75 Å². The number of ether oxygens (including phenoxy) is 1. The fraction of sp³-hybridized carbons (Fsp3) is 0.455. The van der Waals surface area contributed by atoms with Crippen LogP contribution < -0.4 is 10.5 Å². The normalized spacial score (nSPS) is 23.9. The standard InChI is InChI=1S/C11H15NO4S/c1-17(13,14)16-8-11(12)6-9-4-2-3-5-10(9)15-7-11/h2-5H,6-8,12H2,1H3. The van der Waals surface area contributed by atoms with Gasteiger partial charge in [0, 0.05) is 0 Å². The molecule has 94 valence electrons. The van der Waals surface area contributed by atoms with Crippen LogP contribution in [0.3, 0.4) is 0 Å². The predicted molar refractivity (Wildman–Crippen MR) is 63.4 cm³/mol. The van der Waals surface area contributed by atoms with E-state index in [9.17, 15) is 8.42 Å². The third-order valence-corrected chi connectivity index (χ3v) is 3.14. The van der Waals surface area contributed by atoms with Gasteiger partial charge in [-0.2, -0.15) is 8.42 Å². The summed E-state index contributed by atoms with van der Waals surface area (Å²) in [5, 5.41) is 0. The van der Waals surface area contributed by atoms with Crippen LogP contribution in [0.5, 0.6) is 5.75 Å². The van der Waals surface area contributed by atoms with E-state index < -0.39 is 15.7 Å². The van der Waals surface area contributed by atoms with Crippen molar-refractivity contribution in [2.45, 2.75) is 12.0 Å². The summed E-state index contributed by atoms with van der Waals surface area (Å²) in [5.74, 6) is 0.799. The zero-order valence-electron chi connectivity index (χ0n) is 9.55. The van der Waals surface area contributed by atoms with Crippen molar-refractivity contribution in [3.63, 3.8) is 0 Å². The second-order valence-electron chi connectivity index (χ2n) is 4.40. The average Bonchev–Trinajstić information content (AvgIpc) is 2.26. The summed E-state index contributed by atoms with van der Waals surface area (Å²) in [7, 11) is -3.47. The maximum absolute atomic E-state index is 10.9. The van der Waals surface area contributed by atoms with E-state index in [0.717, 1.165) is 17.6 Å². The first-order valence-electron chi connectivity index (χ1n) is 5.22. The van der Waals surface area contributed by atoms with Crippen molar-refractivity contribution in [2.75, 3.05) is 19.5 Å². The van der Waals surface area contributed by atoms with E-state index in [1.807, 2.05) is 24.3 Å². The molecule has 0 aromatic heterocycles. The second kappa shape index (κ2) is 4.29. The Balaban J connectivity index is 2.10. The molecule has 6 heteroatoms. The van der Waals surface area contributed by atoms with Crippen LogP contribution in [0.1, 0.15) is 5.56 Å². The summed E-state index contributed by atoms with van der Waals surface area (Å²) < 4.78 is 32.1. The summed E-state index contributed by atoms with van der Waals surface area (Å²) in [5.41, 5.74) is 6.24. The fourth-order valence-electron chi connectivity index (χ4n) is 1.76. The topological polar surface area (TPSA) is 78.6 Å². The smallest absolute Gasteiger partial charge is 0.264 e. The lowest BCUT2D eigenvalue weighted by Crippen LogP contribution is -2.54. The molecule has 1 aromatic rings. The number of benzene rings is 1. The number of fused-ring (bicyclic) bond motifs is 1. The molecule has 0 radical (unpaired) electrons. The maximum Gasteiger partial charge on any atom is 0.264 e. The van der Waals surface area contributed by atoms with Gasteiger partial charge >= 0.3 is 0 Å². The highest BCUT2D eigenvalue weighted by molar-refractivity contribution is 7.85. The largest absolute Gasteiger partial charge is 0.491 e. The first-order chi connectivity index (χ1) is 7.88. The minimum absolute atomic E-state index is 0.0693. The minimum atomic E-state index is -3.47. The number of hydrogen-bond acceptors (Lipinski definition) is 5. The van der Waals surface area contributed by atoms with E-state index in [1.165, 1.54) is 0 Å². The summed E-state index contributed by atoms with van der Waals surface area (Å²) in [6.07, 6.45) is 1.55. The van der Waals surface area contributed by atoms with Crippen LogP contribution >= 0.6 is 0 Å². The van der Waals surface area contributed by atoms with E-state index in [4.69, 9.17) is 14.7 Å². The zero-order valence-corrected chi connectivity index (χ0v) is 10.4. The van der Waals surface area contributed by atoms with E-state index in [1.54, 1.807) is 0 Å². The summed E-state index contributed by atoms with van der Waals surface area (Å²) in [4.78, 5) is 0. The molecule has 1 aliphatic rings. The van der Waals surface area contributed by atoms with Gasteiger partial charge in [-0.3, -0.25) is 4.18 Å². The molecule has 0 saturated heterocycles. The van der Waals surface area contributed by atoms with Crippen LogP contribution in [0, 0.1) is 0 Å². The van der Waals surface area contributed by atoms with Crippen LogP contribution in [0.15, 0.2) is 24.3 Å². The maximum atomic E-state index is 10.9. The molecule has 0 spiro atoms. The van der Waals surface area contributed by atoms with Crippen molar-refractivity contribution >= 4 is 10.1 Å². The van der Waals surface area contributed by atoms with Crippen molar-refractivity contribution in [1.29, 1.82) is 0 Å². The van der Waals surface area contributed by atoms with Crippen molar-refractivity contribution in [3.05, 3.63) is 29.8 Å². The monoisotopic (exact) mass is 257 g/mol. The molecular weight excluding hydrogens is 242 g/mol. The number of hydrogen-bond donors (Lipinski definition) is 1. The van der Waals surface area contributed by atoms with Gasteiger partial charge in [-0.05, 0) is 18.1 Å². The van der Waals surface area contributed by atoms with Crippen LogP contribution in [-0.2, 0) is 20.7 Å². The summed E-state index contributed by atoms with van der Waals surface area (Å²) in [6, 6.07) is 7.56. The lowest BCUT2D eigenvalue weighted by Gasteiger charge is -2.33. The van der Waals surface area contributed by atoms with Gasteiger partial charge in [0.05, 0.1) is 18.4 Å². The van der Waals surface area contributed by atoms with Crippen molar-refractivity contribution < 1.29 is 17.3 Å². The molecule has 17 heavy (non-hydrogen) atoms. The average molecular weight is 257 g/mol. The Morgan fingerprint density at radius 1 is 1.47 bits per heavy atom. The molecule has 1 unspecified atom stereocenters. The minimum Gasteiger partial charge on any atom is -0.491 e. The van der Waals surface area contributed by atoms with Crippen molar-refractivity contribution in [1.82, 2.24) is 0 Å². The highest BCUT2D eigenvalue weighted by Crippen LogP contribution is 2.28. The Labute approximate surface area is 101 Å². The molecule has 0 amide bonds. The van der Waals surface area contributed by atoms with Gasteiger partial charge in [0.15, 0.2) is 0 Å². The molecule has 0 fully saturated rings. The summed E-state index contributed by atoms with van der Waals surface area (Å²) >= 11 is 0. The van der Waals surface area contributed by atoms with Crippen LogP contribution in [0.4, 0.5) is 0 Å². The third-order valence-electron chi connectivity index (χ3n) is 2.59. The Hall–Kier alpha value is -1.11. The molecule has 1 aromatic carbocycles. The molecule has 0 saturated carbocycles. The Morgan fingerprint density at radius 3 is 2.88 bits per heavy atom. The van der Waals surface area contributed by atoms with Gasteiger partial charge in [0.2, 0.25) is 0 Å². The number of rotatable bonds is 3. The Kier molecular flexibility index (Phi) is 3.11. The van der Waals surface area contributed by atoms with Gasteiger partial charge in [-0.15, -0.1) is 0 Å². The van der Waals surface area contributed by atoms with E-state index in [2.05, 4.69) is 0 Å². The Morgan fingerprint density at radius 2 is 2.18 bits per heavy atom. The molecule has 2 N–H and O–H groups in total. The lowest BCUT2D eigenvalue weighted by molar-refractivity contribution is 0.133. The predicted octanol–water partition coefficient (Wildman–Crippen LogP) is 0.295. The highest BCUT2D eigenvalue weighted by atomic mass is 32.2. The molecule has 0 aliphatic carbocycles. The van der Waals surface area contributed by atoms with E-state index in [0.29, 0.717) is 6.42 Å². The molecule has 1 heterocycles. The molecule has 1 atom stereocenters. The second-order valence-corrected chi connectivity index (χ2v) is 6.05.